The molecule has 1 atom stereocenters. The van der Waals surface area contributed by atoms with E-state index in [0.717, 1.165) is 38.1 Å². The zero-order chi connectivity index (χ0) is 23.3. The molecule has 4 aromatic rings. The van der Waals surface area contributed by atoms with E-state index in [9.17, 15) is 0 Å². The highest BCUT2D eigenvalue weighted by molar-refractivity contribution is 9.10. The molecule has 170 valence electrons. The number of ether oxygens (including phenoxy) is 2. The molecule has 4 aromatic carbocycles. The predicted molar refractivity (Wildman–Crippen MR) is 142 cm³/mol. The van der Waals surface area contributed by atoms with Crippen LogP contribution in [0.1, 0.15) is 19.4 Å². The van der Waals surface area contributed by atoms with Crippen LogP contribution < -0.4 is 14.4 Å². The van der Waals surface area contributed by atoms with Gasteiger partial charge in [0, 0.05) is 15.5 Å². The van der Waals surface area contributed by atoms with E-state index < -0.39 is 5.72 Å². The summed E-state index contributed by atoms with van der Waals surface area (Å²) in [5.74, 6) is 1.65. The monoisotopic (exact) mass is 512 g/mol. The van der Waals surface area contributed by atoms with Gasteiger partial charge in [-0.1, -0.05) is 64.5 Å². The summed E-state index contributed by atoms with van der Waals surface area (Å²) in [6.45, 7) is 5.65. The van der Waals surface area contributed by atoms with Gasteiger partial charge in [-0.15, -0.1) is 0 Å². The van der Waals surface area contributed by atoms with Crippen LogP contribution in [-0.4, -0.2) is 25.1 Å². The Morgan fingerprint density at radius 1 is 0.912 bits per heavy atom. The van der Waals surface area contributed by atoms with E-state index in [2.05, 4.69) is 77.1 Å². The molecule has 1 unspecified atom stereocenters. The molecule has 0 saturated carbocycles. The summed E-state index contributed by atoms with van der Waals surface area (Å²) in [5.41, 5.74) is 2.21. The number of para-hydroxylation sites is 1. The van der Waals surface area contributed by atoms with Crippen LogP contribution in [0.25, 0.3) is 10.8 Å². The van der Waals surface area contributed by atoms with Crippen LogP contribution in [0.5, 0.6) is 11.5 Å². The van der Waals surface area contributed by atoms with E-state index in [1.807, 2.05) is 48.7 Å². The average molecular weight is 513 g/mol. The second-order valence-corrected chi connectivity index (χ2v) is 10.2. The van der Waals surface area contributed by atoms with Gasteiger partial charge in [0.15, 0.2) is 0 Å². The molecule has 0 bridgehead atoms. The largest absolute Gasteiger partial charge is 0.492 e. The lowest BCUT2D eigenvalue weighted by atomic mass is 9.77. The van der Waals surface area contributed by atoms with Crippen molar-refractivity contribution in [3.63, 3.8) is 0 Å². The zero-order valence-corrected chi connectivity index (χ0v) is 20.7. The molecule has 0 aromatic heterocycles. The lowest BCUT2D eigenvalue weighted by Crippen LogP contribution is -2.62. The third-order valence-corrected chi connectivity index (χ3v) is 7.59. The first-order valence-corrected chi connectivity index (χ1v) is 12.3. The maximum atomic E-state index is 6.93. The topological polar surface area (TPSA) is 34.1 Å². The molecule has 4 nitrogen and oxygen atoms in total. The Kier molecular flexibility index (Phi) is 4.92. The van der Waals surface area contributed by atoms with Crippen LogP contribution in [-0.2, 0) is 5.41 Å². The van der Waals surface area contributed by atoms with Crippen LogP contribution in [0.4, 0.5) is 11.4 Å². The molecule has 0 saturated heterocycles. The Morgan fingerprint density at radius 3 is 2.53 bits per heavy atom. The predicted octanol–water partition coefficient (Wildman–Crippen LogP) is 7.27. The first-order chi connectivity index (χ1) is 16.5. The molecule has 1 spiro atoms. The summed E-state index contributed by atoms with van der Waals surface area (Å²) in [6, 6.07) is 28.9. The molecular weight excluding hydrogens is 488 g/mol. The second-order valence-electron chi connectivity index (χ2n) is 9.29. The SMILES string of the molecule is CC1(C)c2ccccc2N(CCOc2ccc(Br)cc2)C12C=Nc1c(ccc3ccccc13)O2. The van der Waals surface area contributed by atoms with Crippen molar-refractivity contribution in [3.8, 4) is 11.5 Å². The summed E-state index contributed by atoms with van der Waals surface area (Å²) in [4.78, 5) is 7.33. The van der Waals surface area contributed by atoms with Crippen LogP contribution in [0, 0.1) is 0 Å². The van der Waals surface area contributed by atoms with Crippen molar-refractivity contribution in [1.82, 2.24) is 0 Å². The summed E-state index contributed by atoms with van der Waals surface area (Å²) in [5, 5.41) is 2.26. The van der Waals surface area contributed by atoms with Crippen molar-refractivity contribution in [3.05, 3.63) is 95.0 Å². The van der Waals surface area contributed by atoms with Gasteiger partial charge in [0.05, 0.1) is 18.2 Å². The van der Waals surface area contributed by atoms with E-state index in [4.69, 9.17) is 14.5 Å². The highest BCUT2D eigenvalue weighted by Gasteiger charge is 2.59. The first kappa shape index (κ1) is 21.2. The number of benzene rings is 4. The third-order valence-electron chi connectivity index (χ3n) is 7.06. The number of hydrogen-bond donors (Lipinski definition) is 0. The number of nitrogens with zero attached hydrogens (tertiary/aromatic N) is 2. The molecule has 5 heteroatoms. The van der Waals surface area contributed by atoms with Crippen molar-refractivity contribution >= 4 is 44.3 Å². The van der Waals surface area contributed by atoms with Crippen LogP contribution in [0.2, 0.25) is 0 Å². The second kappa shape index (κ2) is 7.88. The van der Waals surface area contributed by atoms with E-state index in [0.29, 0.717) is 13.2 Å². The molecule has 0 N–H and O–H groups in total. The minimum absolute atomic E-state index is 0.325. The highest BCUT2D eigenvalue weighted by atomic mass is 79.9. The summed E-state index contributed by atoms with van der Waals surface area (Å²) in [7, 11) is 0. The molecular formula is C29H25BrN2O2. The minimum atomic E-state index is -0.755. The molecule has 2 heterocycles. The van der Waals surface area contributed by atoms with Gasteiger partial charge in [-0.05, 0) is 61.2 Å². The average Bonchev–Trinajstić information content (AvgIpc) is 3.03. The van der Waals surface area contributed by atoms with Crippen molar-refractivity contribution in [1.29, 1.82) is 0 Å². The Bertz CT molecular complexity index is 1410. The van der Waals surface area contributed by atoms with E-state index in [1.54, 1.807) is 0 Å². The van der Waals surface area contributed by atoms with Gasteiger partial charge in [0.25, 0.3) is 0 Å². The number of fused-ring (bicyclic) bond motifs is 4. The van der Waals surface area contributed by atoms with Crippen LogP contribution in [0.15, 0.2) is 94.4 Å². The van der Waals surface area contributed by atoms with Crippen molar-refractivity contribution in [2.24, 2.45) is 4.99 Å². The number of rotatable bonds is 4. The fourth-order valence-corrected chi connectivity index (χ4v) is 5.49. The smallest absolute Gasteiger partial charge is 0.229 e. The van der Waals surface area contributed by atoms with Gasteiger partial charge in [-0.25, -0.2) is 0 Å². The molecule has 0 radical (unpaired) electrons. The highest BCUT2D eigenvalue weighted by Crippen LogP contribution is 2.54. The lowest BCUT2D eigenvalue weighted by Gasteiger charge is -2.46. The van der Waals surface area contributed by atoms with Gasteiger partial charge in [0.2, 0.25) is 5.72 Å². The molecule has 2 aliphatic heterocycles. The number of hydrogen-bond acceptors (Lipinski definition) is 4. The van der Waals surface area contributed by atoms with E-state index in [-0.39, 0.29) is 5.41 Å². The summed E-state index contributed by atoms with van der Waals surface area (Å²) in [6.07, 6.45) is 2.00. The molecule has 0 aliphatic carbocycles. The van der Waals surface area contributed by atoms with Gasteiger partial charge < -0.3 is 14.4 Å². The van der Waals surface area contributed by atoms with E-state index in [1.165, 1.54) is 5.56 Å². The van der Waals surface area contributed by atoms with Crippen molar-refractivity contribution in [2.45, 2.75) is 25.0 Å². The Labute approximate surface area is 208 Å². The van der Waals surface area contributed by atoms with Gasteiger partial charge in [-0.3, -0.25) is 4.99 Å². The molecule has 0 amide bonds. The maximum Gasteiger partial charge on any atom is 0.229 e. The molecule has 0 fully saturated rings. The van der Waals surface area contributed by atoms with E-state index >= 15 is 0 Å². The fraction of sp³-hybridized carbons (Fsp3) is 0.207. The van der Waals surface area contributed by atoms with Crippen molar-refractivity contribution in [2.75, 3.05) is 18.1 Å². The normalized spacial score (nSPS) is 19.7. The maximum absolute atomic E-state index is 6.93. The lowest BCUT2D eigenvalue weighted by molar-refractivity contribution is 0.0750. The van der Waals surface area contributed by atoms with Gasteiger partial charge in [0.1, 0.15) is 23.8 Å². The molecule has 34 heavy (non-hydrogen) atoms. The number of halogens is 1. The Morgan fingerprint density at radius 2 is 1.68 bits per heavy atom. The quantitative estimate of drug-likeness (QED) is 0.288. The van der Waals surface area contributed by atoms with Gasteiger partial charge in [-0.2, -0.15) is 0 Å². The van der Waals surface area contributed by atoms with Crippen LogP contribution in [0.3, 0.4) is 0 Å². The fourth-order valence-electron chi connectivity index (χ4n) is 5.23. The Hall–Kier alpha value is -3.31. The number of anilines is 1. The zero-order valence-electron chi connectivity index (χ0n) is 19.2. The molecule has 2 aliphatic rings. The first-order valence-electron chi connectivity index (χ1n) is 11.5. The minimum Gasteiger partial charge on any atom is -0.492 e. The summed E-state index contributed by atoms with van der Waals surface area (Å²) >= 11 is 3.48. The van der Waals surface area contributed by atoms with Crippen LogP contribution >= 0.6 is 15.9 Å². The number of aliphatic imine (C=N–C) groups is 1. The van der Waals surface area contributed by atoms with Crippen molar-refractivity contribution < 1.29 is 9.47 Å². The Balaban J connectivity index is 1.39. The summed E-state index contributed by atoms with van der Waals surface area (Å²) < 4.78 is 14.1. The van der Waals surface area contributed by atoms with Gasteiger partial charge >= 0.3 is 0 Å². The third kappa shape index (κ3) is 3.14. The standard InChI is InChI=1S/C29H25BrN2O2/c1-28(2)24-9-5-6-10-25(24)32(17-18-33-22-14-12-21(30)13-15-22)29(28)19-31-27-23-8-4-3-7-20(23)11-16-26(27)34-29/h3-16,19H,17-18H2,1-2H3. The molecule has 6 rings (SSSR count).